The van der Waals surface area contributed by atoms with E-state index in [1.807, 2.05) is 25.1 Å². The van der Waals surface area contributed by atoms with Gasteiger partial charge in [0.15, 0.2) is 0 Å². The summed E-state index contributed by atoms with van der Waals surface area (Å²) in [5, 5.41) is 0. The predicted octanol–water partition coefficient (Wildman–Crippen LogP) is 2.08. The van der Waals surface area contributed by atoms with Gasteiger partial charge in [-0.05, 0) is 45.5 Å². The van der Waals surface area contributed by atoms with Gasteiger partial charge in [0, 0.05) is 31.7 Å². The molecule has 0 amide bonds. The zero-order valence-electron chi connectivity index (χ0n) is 13.0. The van der Waals surface area contributed by atoms with Gasteiger partial charge in [-0.15, -0.1) is 0 Å². The van der Waals surface area contributed by atoms with E-state index in [0.717, 1.165) is 38.9 Å². The van der Waals surface area contributed by atoms with Crippen molar-refractivity contribution >= 4 is 5.69 Å². The molecule has 1 aromatic carbocycles. The van der Waals surface area contributed by atoms with Crippen LogP contribution in [0.5, 0.6) is 5.75 Å². The molecule has 1 heterocycles. The molecule has 4 nitrogen and oxygen atoms in total. The fraction of sp³-hybridized carbons (Fsp3) is 0.625. The number of piperidine rings is 1. The number of benzene rings is 1. The molecule has 0 aromatic heterocycles. The van der Waals surface area contributed by atoms with Crippen LogP contribution in [0.2, 0.25) is 0 Å². The Morgan fingerprint density at radius 1 is 1.43 bits per heavy atom. The molecule has 1 atom stereocenters. The quantitative estimate of drug-likeness (QED) is 0.816. The summed E-state index contributed by atoms with van der Waals surface area (Å²) in [4.78, 5) is 4.13. The van der Waals surface area contributed by atoms with Gasteiger partial charge in [0.05, 0.1) is 12.3 Å². The normalized spacial score (nSPS) is 19.1. The molecule has 2 N–H and O–H groups in total. The smallest absolute Gasteiger partial charge is 0.150 e. The van der Waals surface area contributed by atoms with Gasteiger partial charge in [-0.1, -0.05) is 0 Å². The second kappa shape index (κ2) is 7.61. The molecule has 1 fully saturated rings. The summed E-state index contributed by atoms with van der Waals surface area (Å²) >= 11 is 0. The van der Waals surface area contributed by atoms with Gasteiger partial charge in [0.2, 0.25) is 0 Å². The van der Waals surface area contributed by atoms with E-state index in [-0.39, 0.29) is 11.9 Å². The lowest BCUT2D eigenvalue weighted by molar-refractivity contribution is 0.280. The second-order valence-electron chi connectivity index (χ2n) is 5.97. The van der Waals surface area contributed by atoms with E-state index in [1.165, 1.54) is 6.07 Å². The number of anilines is 1. The van der Waals surface area contributed by atoms with Crippen molar-refractivity contribution < 1.29 is 9.13 Å². The van der Waals surface area contributed by atoms with Crippen molar-refractivity contribution in [2.45, 2.75) is 25.3 Å². The van der Waals surface area contributed by atoms with Crippen LogP contribution < -0.4 is 15.4 Å². The van der Waals surface area contributed by atoms with Gasteiger partial charge in [0.25, 0.3) is 0 Å². The lowest BCUT2D eigenvalue weighted by Gasteiger charge is -2.32. The van der Waals surface area contributed by atoms with Crippen molar-refractivity contribution in [1.82, 2.24) is 4.90 Å². The first-order valence-corrected chi connectivity index (χ1v) is 7.64. The van der Waals surface area contributed by atoms with Crippen LogP contribution in [0.15, 0.2) is 18.2 Å². The lowest BCUT2D eigenvalue weighted by Crippen LogP contribution is -2.43. The number of ether oxygens (including phenoxy) is 1. The van der Waals surface area contributed by atoms with Crippen LogP contribution in [-0.4, -0.2) is 51.3 Å². The maximum Gasteiger partial charge on any atom is 0.150 e. The standard InChI is InChI=1S/C16H26FN3O/c1-19(2)8-4-10-21-14-6-7-16(15(17)11-14)20-9-3-5-13(18)12-20/h6-7,11,13H,3-5,8-10,12,18H2,1-2H3. The maximum atomic E-state index is 14.2. The van der Waals surface area contributed by atoms with E-state index < -0.39 is 0 Å². The summed E-state index contributed by atoms with van der Waals surface area (Å²) in [6, 6.07) is 5.26. The molecule has 1 aliphatic rings. The molecular formula is C16H26FN3O. The average Bonchev–Trinajstić information content (AvgIpc) is 2.43. The van der Waals surface area contributed by atoms with Gasteiger partial charge in [-0.25, -0.2) is 4.39 Å². The van der Waals surface area contributed by atoms with E-state index in [0.29, 0.717) is 18.0 Å². The highest BCUT2D eigenvalue weighted by molar-refractivity contribution is 5.51. The van der Waals surface area contributed by atoms with Crippen LogP contribution >= 0.6 is 0 Å². The third-order valence-electron chi connectivity index (χ3n) is 3.74. The average molecular weight is 295 g/mol. The molecule has 0 radical (unpaired) electrons. The zero-order valence-corrected chi connectivity index (χ0v) is 13.0. The first kappa shape index (κ1) is 16.0. The van der Waals surface area contributed by atoms with Crippen LogP contribution in [0.25, 0.3) is 0 Å². The van der Waals surface area contributed by atoms with Crippen LogP contribution in [0.3, 0.4) is 0 Å². The first-order valence-electron chi connectivity index (χ1n) is 7.64. The summed E-state index contributed by atoms with van der Waals surface area (Å²) in [5.41, 5.74) is 6.59. The summed E-state index contributed by atoms with van der Waals surface area (Å²) in [7, 11) is 4.05. The molecule has 0 aliphatic carbocycles. The monoisotopic (exact) mass is 295 g/mol. The Balaban J connectivity index is 1.91. The number of nitrogens with zero attached hydrogens (tertiary/aromatic N) is 2. The number of hydrogen-bond donors (Lipinski definition) is 1. The minimum Gasteiger partial charge on any atom is -0.493 e. The zero-order chi connectivity index (χ0) is 15.2. The Morgan fingerprint density at radius 3 is 2.90 bits per heavy atom. The third-order valence-corrected chi connectivity index (χ3v) is 3.74. The fourth-order valence-corrected chi connectivity index (χ4v) is 2.63. The Bertz CT molecular complexity index is 453. The van der Waals surface area contributed by atoms with E-state index in [4.69, 9.17) is 10.5 Å². The predicted molar refractivity (Wildman–Crippen MR) is 84.5 cm³/mol. The minimum atomic E-state index is -0.228. The molecule has 0 bridgehead atoms. The maximum absolute atomic E-state index is 14.2. The number of halogens is 1. The first-order chi connectivity index (χ1) is 10.1. The van der Waals surface area contributed by atoms with E-state index >= 15 is 0 Å². The van der Waals surface area contributed by atoms with Crippen molar-refractivity contribution in [3.63, 3.8) is 0 Å². The summed E-state index contributed by atoms with van der Waals surface area (Å²) < 4.78 is 19.8. The largest absolute Gasteiger partial charge is 0.493 e. The Labute approximate surface area is 126 Å². The van der Waals surface area contributed by atoms with E-state index in [1.54, 1.807) is 6.07 Å². The van der Waals surface area contributed by atoms with Crippen molar-refractivity contribution in [2.24, 2.45) is 5.73 Å². The van der Waals surface area contributed by atoms with Crippen LogP contribution in [0, 0.1) is 5.82 Å². The molecule has 2 rings (SSSR count). The van der Waals surface area contributed by atoms with Gasteiger partial charge < -0.3 is 20.3 Å². The Hall–Kier alpha value is -1.33. The molecule has 0 saturated carbocycles. The van der Waals surface area contributed by atoms with Gasteiger partial charge in [0.1, 0.15) is 11.6 Å². The van der Waals surface area contributed by atoms with Crippen molar-refractivity contribution in [1.29, 1.82) is 0 Å². The summed E-state index contributed by atoms with van der Waals surface area (Å²) in [6.07, 6.45) is 2.96. The molecule has 1 aliphatic heterocycles. The molecular weight excluding hydrogens is 269 g/mol. The van der Waals surface area contributed by atoms with Gasteiger partial charge in [-0.3, -0.25) is 0 Å². The molecule has 0 spiro atoms. The van der Waals surface area contributed by atoms with Crippen LogP contribution in [0.4, 0.5) is 10.1 Å². The number of rotatable bonds is 6. The van der Waals surface area contributed by atoms with E-state index in [9.17, 15) is 4.39 Å². The highest BCUT2D eigenvalue weighted by Gasteiger charge is 2.19. The lowest BCUT2D eigenvalue weighted by atomic mass is 10.1. The van der Waals surface area contributed by atoms with Crippen LogP contribution in [0.1, 0.15) is 19.3 Å². The molecule has 1 unspecified atom stereocenters. The Kier molecular flexibility index (Phi) is 5.82. The highest BCUT2D eigenvalue weighted by atomic mass is 19.1. The molecule has 21 heavy (non-hydrogen) atoms. The van der Waals surface area contributed by atoms with E-state index in [2.05, 4.69) is 4.90 Å². The molecule has 118 valence electrons. The Morgan fingerprint density at radius 2 is 2.24 bits per heavy atom. The molecule has 1 aromatic rings. The molecule has 1 saturated heterocycles. The summed E-state index contributed by atoms with van der Waals surface area (Å²) in [5.74, 6) is 0.366. The fourth-order valence-electron chi connectivity index (χ4n) is 2.63. The number of nitrogens with two attached hydrogens (primary N) is 1. The van der Waals surface area contributed by atoms with Gasteiger partial charge in [-0.2, -0.15) is 0 Å². The SMILES string of the molecule is CN(C)CCCOc1ccc(N2CCCC(N)C2)c(F)c1. The van der Waals surface area contributed by atoms with Crippen molar-refractivity contribution in [3.8, 4) is 5.75 Å². The van der Waals surface area contributed by atoms with Gasteiger partial charge >= 0.3 is 0 Å². The number of hydrogen-bond acceptors (Lipinski definition) is 4. The minimum absolute atomic E-state index is 0.139. The van der Waals surface area contributed by atoms with Crippen LogP contribution in [-0.2, 0) is 0 Å². The summed E-state index contributed by atoms with van der Waals surface area (Å²) in [6.45, 7) is 3.16. The molecule has 5 heteroatoms. The second-order valence-corrected chi connectivity index (χ2v) is 5.97. The van der Waals surface area contributed by atoms with Crippen molar-refractivity contribution in [3.05, 3.63) is 24.0 Å². The van der Waals surface area contributed by atoms with Crippen molar-refractivity contribution in [2.75, 3.05) is 45.2 Å². The topological polar surface area (TPSA) is 41.7 Å². The highest BCUT2D eigenvalue weighted by Crippen LogP contribution is 2.26. The third kappa shape index (κ3) is 4.86.